The van der Waals surface area contributed by atoms with E-state index < -0.39 is 0 Å². The number of primary amides is 1. The highest BCUT2D eigenvalue weighted by molar-refractivity contribution is 8.18. The summed E-state index contributed by atoms with van der Waals surface area (Å²) >= 11 is 1.37. The van der Waals surface area contributed by atoms with E-state index in [2.05, 4.69) is 21.0 Å². The molecule has 3 aromatic rings. The standard InChI is InChI=1S/C20H15N3OS.CH3NO/c24-19-18(12-15-8-9-17-16(11-15)7-4-10-21-17)25-20(23-19)22-13-14-5-2-1-3-6-14;2-1-3/h1-12H,13H2,(H,22,23,24);1H,(H2,2,3)/b18-12-;. The lowest BCUT2D eigenvalue weighted by Gasteiger charge is -1.99. The van der Waals surface area contributed by atoms with Crippen LogP contribution in [-0.2, 0) is 16.1 Å². The average molecular weight is 390 g/mol. The Morgan fingerprint density at radius 2 is 1.89 bits per heavy atom. The summed E-state index contributed by atoms with van der Waals surface area (Å²) in [6.07, 6.45) is 3.91. The molecule has 6 nitrogen and oxygen atoms in total. The average Bonchev–Trinajstić information content (AvgIpc) is 3.07. The minimum absolute atomic E-state index is 0.108. The van der Waals surface area contributed by atoms with Gasteiger partial charge >= 0.3 is 0 Å². The minimum Gasteiger partial charge on any atom is -0.372 e. The Morgan fingerprint density at radius 1 is 1.11 bits per heavy atom. The number of benzene rings is 2. The molecule has 2 aromatic carbocycles. The molecule has 4 rings (SSSR count). The lowest BCUT2D eigenvalue weighted by molar-refractivity contribution is -0.115. The number of aliphatic imine (C=N–C) groups is 1. The maximum atomic E-state index is 12.2. The molecule has 28 heavy (non-hydrogen) atoms. The minimum atomic E-state index is -0.108. The van der Waals surface area contributed by atoms with Crippen molar-refractivity contribution in [3.05, 3.63) is 82.9 Å². The quantitative estimate of drug-likeness (QED) is 0.530. The highest BCUT2D eigenvalue weighted by Gasteiger charge is 2.23. The molecule has 2 amide bonds. The molecule has 1 aliphatic rings. The van der Waals surface area contributed by atoms with E-state index >= 15 is 0 Å². The van der Waals surface area contributed by atoms with Gasteiger partial charge in [0.25, 0.3) is 5.91 Å². The maximum Gasteiger partial charge on any atom is 0.264 e. The second-order valence-corrected chi connectivity index (χ2v) is 6.79. The summed E-state index contributed by atoms with van der Waals surface area (Å²) in [5.41, 5.74) is 7.20. The summed E-state index contributed by atoms with van der Waals surface area (Å²) in [6.45, 7) is 0.554. The summed E-state index contributed by atoms with van der Waals surface area (Å²) in [6, 6.07) is 19.9. The first-order valence-corrected chi connectivity index (χ1v) is 9.30. The molecule has 0 spiro atoms. The van der Waals surface area contributed by atoms with Gasteiger partial charge in [0.05, 0.1) is 17.0 Å². The first-order chi connectivity index (χ1) is 13.7. The number of pyridine rings is 1. The maximum absolute atomic E-state index is 12.2. The number of thioether (sulfide) groups is 1. The fourth-order valence-corrected chi connectivity index (χ4v) is 3.40. The summed E-state index contributed by atoms with van der Waals surface area (Å²) < 4.78 is 0. The van der Waals surface area contributed by atoms with E-state index in [4.69, 9.17) is 4.79 Å². The number of carbonyl (C=O) groups excluding carboxylic acids is 2. The van der Waals surface area contributed by atoms with Crippen LogP contribution in [0.3, 0.4) is 0 Å². The van der Waals surface area contributed by atoms with E-state index in [-0.39, 0.29) is 12.3 Å². The van der Waals surface area contributed by atoms with Crippen LogP contribution in [0.5, 0.6) is 0 Å². The first-order valence-electron chi connectivity index (χ1n) is 8.49. The third-order valence-corrected chi connectivity index (χ3v) is 4.77. The van der Waals surface area contributed by atoms with Gasteiger partial charge < -0.3 is 11.1 Å². The monoisotopic (exact) mass is 390 g/mol. The molecule has 1 aromatic heterocycles. The van der Waals surface area contributed by atoms with Gasteiger partial charge in [0, 0.05) is 11.6 Å². The predicted octanol–water partition coefficient (Wildman–Crippen LogP) is 3.10. The van der Waals surface area contributed by atoms with Crippen LogP contribution < -0.4 is 11.1 Å². The Kier molecular flexibility index (Phi) is 6.54. The topological polar surface area (TPSA) is 97.4 Å². The Labute approximate surface area is 166 Å². The summed E-state index contributed by atoms with van der Waals surface area (Å²) in [5, 5.41) is 4.52. The number of amides is 2. The number of nitrogens with zero attached hydrogens (tertiary/aromatic N) is 2. The summed E-state index contributed by atoms with van der Waals surface area (Å²) in [5.74, 6) is -0.108. The fraction of sp³-hybridized carbons (Fsp3) is 0.0476. The molecule has 1 fully saturated rings. The highest BCUT2D eigenvalue weighted by Crippen LogP contribution is 2.27. The molecular formula is C21H18N4O2S. The second kappa shape index (κ2) is 9.48. The zero-order chi connectivity index (χ0) is 19.8. The normalized spacial score (nSPS) is 15.9. The number of rotatable bonds is 3. The fourth-order valence-electron chi connectivity index (χ4n) is 2.58. The molecule has 0 saturated carbocycles. The van der Waals surface area contributed by atoms with Crippen LogP contribution >= 0.6 is 11.8 Å². The van der Waals surface area contributed by atoms with E-state index in [1.165, 1.54) is 11.8 Å². The smallest absolute Gasteiger partial charge is 0.264 e. The number of hydrogen-bond acceptors (Lipinski definition) is 5. The Morgan fingerprint density at radius 3 is 2.68 bits per heavy atom. The van der Waals surface area contributed by atoms with Crippen LogP contribution in [0.1, 0.15) is 11.1 Å². The van der Waals surface area contributed by atoms with Gasteiger partial charge in [0.2, 0.25) is 6.41 Å². The number of carbonyl (C=O) groups is 2. The molecule has 0 atom stereocenters. The van der Waals surface area contributed by atoms with Crippen LogP contribution in [0.25, 0.3) is 17.0 Å². The van der Waals surface area contributed by atoms with Gasteiger partial charge in [-0.05, 0) is 47.2 Å². The molecule has 7 heteroatoms. The molecule has 2 heterocycles. The number of hydrogen-bond donors (Lipinski definition) is 2. The van der Waals surface area contributed by atoms with Gasteiger partial charge in [-0.1, -0.05) is 42.5 Å². The van der Waals surface area contributed by atoms with Crippen LogP contribution in [0.15, 0.2) is 76.8 Å². The van der Waals surface area contributed by atoms with E-state index in [0.29, 0.717) is 16.6 Å². The van der Waals surface area contributed by atoms with E-state index in [1.54, 1.807) is 6.20 Å². The zero-order valence-electron chi connectivity index (χ0n) is 14.9. The van der Waals surface area contributed by atoms with Gasteiger partial charge in [-0.15, -0.1) is 0 Å². The lowest BCUT2D eigenvalue weighted by Crippen LogP contribution is -2.19. The Balaban J connectivity index is 0.000000706. The summed E-state index contributed by atoms with van der Waals surface area (Å²) in [4.78, 5) is 30.2. The van der Waals surface area contributed by atoms with Gasteiger partial charge in [-0.2, -0.15) is 0 Å². The van der Waals surface area contributed by atoms with Gasteiger partial charge in [0.1, 0.15) is 0 Å². The van der Waals surface area contributed by atoms with Crippen molar-refractivity contribution < 1.29 is 9.59 Å². The van der Waals surface area contributed by atoms with Crippen molar-refractivity contribution in [2.45, 2.75) is 6.54 Å². The zero-order valence-corrected chi connectivity index (χ0v) is 15.7. The van der Waals surface area contributed by atoms with Gasteiger partial charge in [0.15, 0.2) is 5.17 Å². The highest BCUT2D eigenvalue weighted by atomic mass is 32.2. The Bertz CT molecular complexity index is 1050. The third kappa shape index (κ3) is 5.05. The first kappa shape index (κ1) is 19.3. The predicted molar refractivity (Wildman–Crippen MR) is 113 cm³/mol. The molecule has 3 N–H and O–H groups in total. The molecule has 0 aliphatic carbocycles. The molecular weight excluding hydrogens is 372 g/mol. The number of nitrogens with one attached hydrogen (secondary N) is 1. The van der Waals surface area contributed by atoms with E-state index in [0.717, 1.165) is 22.0 Å². The molecule has 0 unspecified atom stereocenters. The Hall–Kier alpha value is -3.45. The lowest BCUT2D eigenvalue weighted by atomic mass is 10.1. The second-order valence-electron chi connectivity index (χ2n) is 5.76. The summed E-state index contributed by atoms with van der Waals surface area (Å²) in [7, 11) is 0. The SMILES string of the molecule is NC=O.O=C1NC(=NCc2ccccc2)S/C1=C\c1ccc2ncccc2c1. The van der Waals surface area contributed by atoms with Crippen LogP contribution in [0.2, 0.25) is 0 Å². The van der Waals surface area contributed by atoms with Crippen molar-refractivity contribution in [1.82, 2.24) is 10.3 Å². The van der Waals surface area contributed by atoms with Crippen molar-refractivity contribution in [2.75, 3.05) is 0 Å². The number of nitrogens with two attached hydrogens (primary N) is 1. The molecule has 140 valence electrons. The van der Waals surface area contributed by atoms with Crippen LogP contribution in [-0.4, -0.2) is 22.5 Å². The van der Waals surface area contributed by atoms with Crippen molar-refractivity contribution in [1.29, 1.82) is 0 Å². The number of fused-ring (bicyclic) bond motifs is 1. The number of aromatic nitrogens is 1. The van der Waals surface area contributed by atoms with E-state index in [9.17, 15) is 4.79 Å². The van der Waals surface area contributed by atoms with Crippen molar-refractivity contribution in [2.24, 2.45) is 10.7 Å². The van der Waals surface area contributed by atoms with Gasteiger partial charge in [-0.25, -0.2) is 0 Å². The van der Waals surface area contributed by atoms with Crippen LogP contribution in [0, 0.1) is 0 Å². The molecule has 0 radical (unpaired) electrons. The van der Waals surface area contributed by atoms with Crippen LogP contribution in [0.4, 0.5) is 0 Å². The van der Waals surface area contributed by atoms with E-state index in [1.807, 2.05) is 66.7 Å². The van der Waals surface area contributed by atoms with Crippen molar-refractivity contribution in [3.63, 3.8) is 0 Å². The van der Waals surface area contributed by atoms with Crippen molar-refractivity contribution in [3.8, 4) is 0 Å². The largest absolute Gasteiger partial charge is 0.372 e. The number of amidine groups is 1. The van der Waals surface area contributed by atoms with Gasteiger partial charge in [-0.3, -0.25) is 19.6 Å². The molecule has 0 bridgehead atoms. The molecule has 1 aliphatic heterocycles. The van der Waals surface area contributed by atoms with Crippen molar-refractivity contribution >= 4 is 46.2 Å². The molecule has 1 saturated heterocycles. The third-order valence-electron chi connectivity index (χ3n) is 3.82.